The normalized spacial score (nSPS) is 12.2. The van der Waals surface area contributed by atoms with Crippen LogP contribution in [0.2, 0.25) is 0 Å². The fraction of sp³-hybridized carbons (Fsp3) is 0.190. The molecular formula is C42H39N3O. The zero-order valence-electron chi connectivity index (χ0n) is 27.3. The molecule has 4 aromatic carbocycles. The molecule has 7 rings (SSSR count). The largest absolute Gasteiger partial charge is 0.507 e. The van der Waals surface area contributed by atoms with E-state index < -0.39 is 0 Å². The molecule has 0 saturated carbocycles. The summed E-state index contributed by atoms with van der Waals surface area (Å²) in [5.74, 6) is 1.07. The number of hydrogen-bond donors (Lipinski definition) is 1. The molecule has 3 aromatic heterocycles. The molecule has 0 aliphatic carbocycles. The number of phenols is 1. The predicted molar refractivity (Wildman–Crippen MR) is 192 cm³/mol. The van der Waals surface area contributed by atoms with E-state index in [9.17, 15) is 5.11 Å². The summed E-state index contributed by atoms with van der Waals surface area (Å²) in [5.41, 5.74) is 10.3. The van der Waals surface area contributed by atoms with Crippen molar-refractivity contribution in [1.82, 2.24) is 14.5 Å². The van der Waals surface area contributed by atoms with Crippen molar-refractivity contribution in [3.63, 3.8) is 0 Å². The second-order valence-corrected chi connectivity index (χ2v) is 14.2. The highest BCUT2D eigenvalue weighted by Gasteiger charge is 2.24. The molecule has 0 aliphatic heterocycles. The van der Waals surface area contributed by atoms with Crippen molar-refractivity contribution in [1.29, 1.82) is 0 Å². The Labute approximate surface area is 271 Å². The van der Waals surface area contributed by atoms with Crippen LogP contribution in [-0.4, -0.2) is 19.6 Å². The molecule has 228 valence electrons. The van der Waals surface area contributed by atoms with Crippen molar-refractivity contribution in [2.24, 2.45) is 0 Å². The van der Waals surface area contributed by atoms with E-state index in [1.165, 1.54) is 11.1 Å². The summed E-state index contributed by atoms with van der Waals surface area (Å²) in [6.07, 6.45) is 1.80. The van der Waals surface area contributed by atoms with Gasteiger partial charge in [-0.05, 0) is 87.2 Å². The van der Waals surface area contributed by atoms with Crippen LogP contribution in [0.25, 0.3) is 61.3 Å². The Bertz CT molecular complexity index is 2200. The topological polar surface area (TPSA) is 50.9 Å². The van der Waals surface area contributed by atoms with Gasteiger partial charge in [0.25, 0.3) is 0 Å². The van der Waals surface area contributed by atoms with Gasteiger partial charge in [0.15, 0.2) is 0 Å². The van der Waals surface area contributed by atoms with Gasteiger partial charge >= 0.3 is 0 Å². The molecule has 0 aliphatic rings. The summed E-state index contributed by atoms with van der Waals surface area (Å²) in [7, 11) is 0. The maximum absolute atomic E-state index is 11.1. The number of fused-ring (bicyclic) bond motifs is 3. The Morgan fingerprint density at radius 1 is 0.565 bits per heavy atom. The summed E-state index contributed by atoms with van der Waals surface area (Å²) >= 11 is 0. The molecule has 0 bridgehead atoms. The van der Waals surface area contributed by atoms with Crippen LogP contribution in [0.15, 0.2) is 121 Å². The van der Waals surface area contributed by atoms with Crippen LogP contribution >= 0.6 is 0 Å². The van der Waals surface area contributed by atoms with E-state index in [0.29, 0.717) is 0 Å². The minimum absolute atomic E-state index is 0.0335. The number of nitrogens with zero attached hydrogens (tertiary/aromatic N) is 3. The average Bonchev–Trinajstić information content (AvgIpc) is 3.38. The third-order valence-corrected chi connectivity index (χ3v) is 8.85. The maximum Gasteiger partial charge on any atom is 0.138 e. The minimum atomic E-state index is -0.0335. The van der Waals surface area contributed by atoms with Gasteiger partial charge in [0.05, 0.1) is 22.4 Å². The molecule has 0 saturated heterocycles. The molecule has 3 heterocycles. The second kappa shape index (κ2) is 11.0. The SMILES string of the molecule is CC(C)(C)c1cc(-c2cc(-c3ccccc3O)cc3c2c2ccccc2n3-c2cccc(-c3ccccn3)n2)cc(C(C)(C)C)c1. The number of aromatic hydroxyl groups is 1. The first-order valence-corrected chi connectivity index (χ1v) is 15.9. The van der Waals surface area contributed by atoms with Crippen molar-refractivity contribution in [2.75, 3.05) is 0 Å². The molecule has 0 amide bonds. The van der Waals surface area contributed by atoms with Crippen molar-refractivity contribution in [2.45, 2.75) is 52.4 Å². The first kappa shape index (κ1) is 29.5. The quantitative estimate of drug-likeness (QED) is 0.218. The van der Waals surface area contributed by atoms with E-state index in [0.717, 1.165) is 61.3 Å². The molecule has 7 aromatic rings. The van der Waals surface area contributed by atoms with Crippen LogP contribution in [0.3, 0.4) is 0 Å². The molecular weight excluding hydrogens is 562 g/mol. The van der Waals surface area contributed by atoms with Gasteiger partial charge in [-0.25, -0.2) is 4.98 Å². The Morgan fingerprint density at radius 3 is 1.91 bits per heavy atom. The van der Waals surface area contributed by atoms with Crippen molar-refractivity contribution in [3.05, 3.63) is 133 Å². The average molecular weight is 602 g/mol. The van der Waals surface area contributed by atoms with E-state index in [2.05, 4.69) is 112 Å². The number of aromatic nitrogens is 3. The van der Waals surface area contributed by atoms with Gasteiger partial charge in [-0.15, -0.1) is 0 Å². The first-order chi connectivity index (χ1) is 22.0. The number of para-hydroxylation sites is 2. The number of pyridine rings is 2. The highest BCUT2D eigenvalue weighted by Crippen LogP contribution is 2.44. The number of benzene rings is 4. The lowest BCUT2D eigenvalue weighted by atomic mass is 9.78. The lowest BCUT2D eigenvalue weighted by Crippen LogP contribution is -2.16. The number of hydrogen-bond acceptors (Lipinski definition) is 3. The molecule has 1 N–H and O–H groups in total. The fourth-order valence-corrected chi connectivity index (χ4v) is 6.30. The number of rotatable bonds is 4. The van der Waals surface area contributed by atoms with E-state index >= 15 is 0 Å². The maximum atomic E-state index is 11.1. The van der Waals surface area contributed by atoms with E-state index in [1.807, 2.05) is 48.5 Å². The molecule has 4 nitrogen and oxygen atoms in total. The van der Waals surface area contributed by atoms with Gasteiger partial charge in [0, 0.05) is 22.5 Å². The van der Waals surface area contributed by atoms with Gasteiger partial charge in [-0.3, -0.25) is 9.55 Å². The summed E-state index contributed by atoms with van der Waals surface area (Å²) in [4.78, 5) is 9.72. The highest BCUT2D eigenvalue weighted by molar-refractivity contribution is 6.17. The van der Waals surface area contributed by atoms with E-state index in [4.69, 9.17) is 4.98 Å². The molecule has 0 radical (unpaired) electrons. The lowest BCUT2D eigenvalue weighted by Gasteiger charge is -2.26. The molecule has 4 heteroatoms. The smallest absolute Gasteiger partial charge is 0.138 e. The van der Waals surface area contributed by atoms with Crippen molar-refractivity contribution < 1.29 is 5.11 Å². The summed E-state index contributed by atoms with van der Waals surface area (Å²) in [5, 5.41) is 13.4. The second-order valence-electron chi connectivity index (χ2n) is 14.2. The molecule has 46 heavy (non-hydrogen) atoms. The minimum Gasteiger partial charge on any atom is -0.507 e. The summed E-state index contributed by atoms with van der Waals surface area (Å²) < 4.78 is 2.25. The zero-order chi connectivity index (χ0) is 32.2. The Morgan fingerprint density at radius 2 is 1.22 bits per heavy atom. The molecule has 0 spiro atoms. The van der Waals surface area contributed by atoms with Gasteiger partial charge in [-0.2, -0.15) is 0 Å². The summed E-state index contributed by atoms with van der Waals surface area (Å²) in [6.45, 7) is 13.7. The fourth-order valence-electron chi connectivity index (χ4n) is 6.30. The van der Waals surface area contributed by atoms with Crippen LogP contribution < -0.4 is 0 Å². The monoisotopic (exact) mass is 601 g/mol. The van der Waals surface area contributed by atoms with Gasteiger partial charge < -0.3 is 5.11 Å². The van der Waals surface area contributed by atoms with Gasteiger partial charge in [0.2, 0.25) is 0 Å². The zero-order valence-corrected chi connectivity index (χ0v) is 27.3. The standard InChI is InChI=1S/C42H39N3O/c1-41(2,3)29-22-27(23-30(26-29)42(4,5)6)33-24-28(31-14-8-10-19-38(31)46)25-37-40(33)32-15-7-9-18-36(32)45(37)39-20-13-17-35(44-39)34-16-11-12-21-43-34/h7-26,46H,1-6H3. The molecule has 0 atom stereocenters. The third kappa shape index (κ3) is 5.24. The molecule has 0 unspecified atom stereocenters. The van der Waals surface area contributed by atoms with Crippen LogP contribution in [0.4, 0.5) is 0 Å². The van der Waals surface area contributed by atoms with Crippen molar-refractivity contribution >= 4 is 21.8 Å². The number of phenolic OH excluding ortho intramolecular Hbond substituents is 1. The third-order valence-electron chi connectivity index (χ3n) is 8.85. The van der Waals surface area contributed by atoms with Crippen LogP contribution in [0.1, 0.15) is 52.7 Å². The highest BCUT2D eigenvalue weighted by atomic mass is 16.3. The van der Waals surface area contributed by atoms with E-state index in [1.54, 1.807) is 12.3 Å². The van der Waals surface area contributed by atoms with Crippen LogP contribution in [-0.2, 0) is 10.8 Å². The van der Waals surface area contributed by atoms with Gasteiger partial charge in [-0.1, -0.05) is 108 Å². The van der Waals surface area contributed by atoms with Crippen LogP contribution in [0, 0.1) is 0 Å². The van der Waals surface area contributed by atoms with Gasteiger partial charge in [0.1, 0.15) is 11.6 Å². The van der Waals surface area contributed by atoms with E-state index in [-0.39, 0.29) is 16.6 Å². The first-order valence-electron chi connectivity index (χ1n) is 15.9. The summed E-state index contributed by atoms with van der Waals surface area (Å²) in [6, 6.07) is 39.7. The Hall–Kier alpha value is -5.22. The molecule has 0 fully saturated rings. The van der Waals surface area contributed by atoms with Crippen LogP contribution in [0.5, 0.6) is 5.75 Å². The predicted octanol–water partition coefficient (Wildman–Crippen LogP) is 10.9. The Balaban J connectivity index is 1.62. The lowest BCUT2D eigenvalue weighted by molar-refractivity contribution is 0.477. The van der Waals surface area contributed by atoms with Crippen molar-refractivity contribution in [3.8, 4) is 45.2 Å². The Kier molecular flexibility index (Phi) is 7.05.